The van der Waals surface area contributed by atoms with E-state index in [1.54, 1.807) is 31.1 Å². The molecule has 0 aromatic heterocycles. The number of nitrogens with one attached hydrogen (secondary N) is 1. The molecule has 0 spiro atoms. The van der Waals surface area contributed by atoms with Gasteiger partial charge in [-0.05, 0) is 68.1 Å². The van der Waals surface area contributed by atoms with Gasteiger partial charge in [0.1, 0.15) is 17.5 Å². The van der Waals surface area contributed by atoms with Gasteiger partial charge in [0.25, 0.3) is 0 Å². The van der Waals surface area contributed by atoms with Crippen molar-refractivity contribution in [1.82, 2.24) is 10.2 Å². The Labute approximate surface area is 201 Å². The number of halogens is 1. The average Bonchev–Trinajstić information content (AvgIpc) is 3.34. The molecule has 1 N–H and O–H groups in total. The summed E-state index contributed by atoms with van der Waals surface area (Å²) in [4.78, 5) is 27.7. The summed E-state index contributed by atoms with van der Waals surface area (Å²) < 4.78 is 10.9. The minimum atomic E-state index is -0.559. The molecule has 1 saturated carbocycles. The van der Waals surface area contributed by atoms with Gasteiger partial charge in [0.05, 0.1) is 13.7 Å². The maximum absolute atomic E-state index is 13.1. The van der Waals surface area contributed by atoms with E-state index in [-0.39, 0.29) is 17.9 Å². The second kappa shape index (κ2) is 12.5. The second-order valence-electron chi connectivity index (χ2n) is 8.44. The summed E-state index contributed by atoms with van der Waals surface area (Å²) in [5.74, 6) is 1.32. The van der Waals surface area contributed by atoms with Gasteiger partial charge in [0, 0.05) is 24.0 Å². The smallest absolute Gasteiger partial charge is 0.242 e. The highest BCUT2D eigenvalue weighted by molar-refractivity contribution is 6.30. The van der Waals surface area contributed by atoms with Crippen molar-refractivity contribution >= 4 is 23.4 Å². The molecule has 0 bridgehead atoms. The van der Waals surface area contributed by atoms with Crippen LogP contribution in [0, 0.1) is 0 Å². The topological polar surface area (TPSA) is 67.9 Å². The molecule has 6 nitrogen and oxygen atoms in total. The Kier molecular flexibility index (Phi) is 9.43. The molecule has 3 rings (SSSR count). The highest BCUT2D eigenvalue weighted by Gasteiger charge is 2.28. The summed E-state index contributed by atoms with van der Waals surface area (Å²) in [5, 5.41) is 3.76. The summed E-state index contributed by atoms with van der Waals surface area (Å²) in [7, 11) is 1.62. The van der Waals surface area contributed by atoms with Crippen LogP contribution in [0.2, 0.25) is 5.02 Å². The second-order valence-corrected chi connectivity index (χ2v) is 8.88. The SMILES string of the molecule is COc1ccc(OCCCC(=O)N(Cc2ccc(Cl)cc2)C(C)C(=O)NC2CCCC2)cc1. The summed E-state index contributed by atoms with van der Waals surface area (Å²) in [6.45, 7) is 2.57. The van der Waals surface area contributed by atoms with Crippen LogP contribution in [0.1, 0.15) is 51.0 Å². The third-order valence-corrected chi connectivity index (χ3v) is 6.25. The zero-order valence-corrected chi connectivity index (χ0v) is 20.1. The third-order valence-electron chi connectivity index (χ3n) is 6.00. The number of hydrogen-bond donors (Lipinski definition) is 1. The van der Waals surface area contributed by atoms with Crippen molar-refractivity contribution in [2.24, 2.45) is 0 Å². The number of amides is 2. The molecule has 1 atom stereocenters. The summed E-state index contributed by atoms with van der Waals surface area (Å²) in [6.07, 6.45) is 5.14. The van der Waals surface area contributed by atoms with Gasteiger partial charge in [-0.25, -0.2) is 0 Å². The van der Waals surface area contributed by atoms with Crippen LogP contribution < -0.4 is 14.8 Å². The van der Waals surface area contributed by atoms with Gasteiger partial charge in [-0.2, -0.15) is 0 Å². The van der Waals surface area contributed by atoms with Crippen LogP contribution in [-0.4, -0.2) is 42.5 Å². The quantitative estimate of drug-likeness (QED) is 0.468. The molecule has 1 fully saturated rings. The molecular formula is C26H33ClN2O4. The Hall–Kier alpha value is -2.73. The molecule has 0 heterocycles. The van der Waals surface area contributed by atoms with E-state index in [1.165, 1.54) is 0 Å². The van der Waals surface area contributed by atoms with Crippen LogP contribution in [0.15, 0.2) is 48.5 Å². The predicted octanol–water partition coefficient (Wildman–Crippen LogP) is 4.98. The number of carbonyl (C=O) groups excluding carboxylic acids is 2. The Morgan fingerprint density at radius 1 is 1.06 bits per heavy atom. The van der Waals surface area contributed by atoms with Crippen molar-refractivity contribution in [2.45, 2.75) is 64.1 Å². The van der Waals surface area contributed by atoms with Crippen molar-refractivity contribution < 1.29 is 19.1 Å². The number of methoxy groups -OCH3 is 1. The molecule has 2 amide bonds. The van der Waals surface area contributed by atoms with E-state index in [1.807, 2.05) is 36.4 Å². The van der Waals surface area contributed by atoms with Gasteiger partial charge in [0.15, 0.2) is 0 Å². The normalized spacial score (nSPS) is 14.5. The molecule has 2 aromatic carbocycles. The van der Waals surface area contributed by atoms with Crippen LogP contribution in [0.5, 0.6) is 11.5 Å². The third kappa shape index (κ3) is 7.67. The number of ether oxygens (including phenoxy) is 2. The lowest BCUT2D eigenvalue weighted by Crippen LogP contribution is -2.49. The molecule has 1 aliphatic carbocycles. The average molecular weight is 473 g/mol. The molecule has 7 heteroatoms. The predicted molar refractivity (Wildman–Crippen MR) is 130 cm³/mol. The summed E-state index contributed by atoms with van der Waals surface area (Å²) in [5.41, 5.74) is 0.933. The van der Waals surface area contributed by atoms with Gasteiger partial charge in [-0.15, -0.1) is 0 Å². The van der Waals surface area contributed by atoms with E-state index in [2.05, 4.69) is 5.32 Å². The fourth-order valence-electron chi connectivity index (χ4n) is 3.99. The van der Waals surface area contributed by atoms with Crippen molar-refractivity contribution in [3.8, 4) is 11.5 Å². The number of benzene rings is 2. The van der Waals surface area contributed by atoms with Gasteiger partial charge < -0.3 is 19.7 Å². The first-order valence-corrected chi connectivity index (χ1v) is 11.9. The van der Waals surface area contributed by atoms with E-state index in [9.17, 15) is 9.59 Å². The standard InChI is InChI=1S/C26H33ClN2O4/c1-19(26(31)28-22-6-3-4-7-22)29(18-20-9-11-21(27)12-10-20)25(30)8-5-17-33-24-15-13-23(32-2)14-16-24/h9-16,19,22H,3-8,17-18H2,1-2H3,(H,28,31). The number of carbonyl (C=O) groups is 2. The Bertz CT molecular complexity index is 896. The van der Waals surface area contributed by atoms with Gasteiger partial charge in [0.2, 0.25) is 11.8 Å². The van der Waals surface area contributed by atoms with Crippen LogP contribution >= 0.6 is 11.6 Å². The lowest BCUT2D eigenvalue weighted by Gasteiger charge is -2.30. The van der Waals surface area contributed by atoms with Crippen molar-refractivity contribution in [1.29, 1.82) is 0 Å². The number of hydrogen-bond acceptors (Lipinski definition) is 4. The number of nitrogens with zero attached hydrogens (tertiary/aromatic N) is 1. The zero-order valence-electron chi connectivity index (χ0n) is 19.4. The van der Waals surface area contributed by atoms with E-state index < -0.39 is 6.04 Å². The lowest BCUT2D eigenvalue weighted by atomic mass is 10.1. The largest absolute Gasteiger partial charge is 0.497 e. The molecule has 0 aliphatic heterocycles. The molecule has 1 aliphatic rings. The minimum absolute atomic E-state index is 0.0719. The van der Waals surface area contributed by atoms with Crippen molar-refractivity contribution in [2.75, 3.05) is 13.7 Å². The van der Waals surface area contributed by atoms with Gasteiger partial charge >= 0.3 is 0 Å². The molecule has 0 radical (unpaired) electrons. The maximum atomic E-state index is 13.1. The van der Waals surface area contributed by atoms with E-state index in [4.69, 9.17) is 21.1 Å². The minimum Gasteiger partial charge on any atom is -0.497 e. The fourth-order valence-corrected chi connectivity index (χ4v) is 4.12. The maximum Gasteiger partial charge on any atom is 0.242 e. The van der Waals surface area contributed by atoms with Gasteiger partial charge in [-0.1, -0.05) is 36.6 Å². The highest BCUT2D eigenvalue weighted by Crippen LogP contribution is 2.20. The molecular weight excluding hydrogens is 440 g/mol. The van der Waals surface area contributed by atoms with Crippen molar-refractivity contribution in [3.05, 3.63) is 59.1 Å². The first kappa shape index (κ1) is 24.9. The molecule has 178 valence electrons. The molecule has 33 heavy (non-hydrogen) atoms. The molecule has 1 unspecified atom stereocenters. The molecule has 2 aromatic rings. The summed E-state index contributed by atoms with van der Waals surface area (Å²) >= 11 is 6.01. The first-order chi connectivity index (χ1) is 16.0. The van der Waals surface area contributed by atoms with Crippen molar-refractivity contribution in [3.63, 3.8) is 0 Å². The fraction of sp³-hybridized carbons (Fsp3) is 0.462. The van der Waals surface area contributed by atoms with E-state index in [0.29, 0.717) is 31.0 Å². The van der Waals surface area contributed by atoms with Crippen LogP contribution in [0.25, 0.3) is 0 Å². The van der Waals surface area contributed by atoms with Gasteiger partial charge in [-0.3, -0.25) is 9.59 Å². The monoisotopic (exact) mass is 472 g/mol. The van der Waals surface area contributed by atoms with Crippen LogP contribution in [0.3, 0.4) is 0 Å². The van der Waals surface area contributed by atoms with Crippen LogP contribution in [0.4, 0.5) is 0 Å². The van der Waals surface area contributed by atoms with E-state index in [0.717, 1.165) is 42.7 Å². The molecule has 0 saturated heterocycles. The Balaban J connectivity index is 1.57. The number of rotatable bonds is 11. The Morgan fingerprint density at radius 3 is 2.33 bits per heavy atom. The lowest BCUT2D eigenvalue weighted by molar-refractivity contribution is -0.141. The van der Waals surface area contributed by atoms with Crippen LogP contribution in [-0.2, 0) is 16.1 Å². The summed E-state index contributed by atoms with van der Waals surface area (Å²) in [6, 6.07) is 14.4. The highest BCUT2D eigenvalue weighted by atomic mass is 35.5. The zero-order chi connectivity index (χ0) is 23.6. The Morgan fingerprint density at radius 2 is 1.70 bits per heavy atom. The first-order valence-electron chi connectivity index (χ1n) is 11.6. The van der Waals surface area contributed by atoms with E-state index >= 15 is 0 Å².